The number of aromatic nitrogens is 5. The molecule has 7 nitrogen and oxygen atoms in total. The molecule has 3 heterocycles. The first-order valence-electron chi connectivity index (χ1n) is 7.76. The fraction of sp³-hybridized carbons (Fsp3) is 0.0556. The van der Waals surface area contributed by atoms with Gasteiger partial charge in [0.05, 0.1) is 12.8 Å². The van der Waals surface area contributed by atoms with E-state index in [0.29, 0.717) is 16.6 Å². The molecular formula is C18H13N7S. The smallest absolute Gasteiger partial charge is 0.190 e. The molecule has 0 saturated heterocycles. The van der Waals surface area contributed by atoms with Crippen LogP contribution in [0, 0.1) is 13.5 Å². The molecule has 0 radical (unpaired) electrons. The zero-order valence-corrected chi connectivity index (χ0v) is 14.6. The topological polar surface area (TPSA) is 72.9 Å². The van der Waals surface area contributed by atoms with Crippen molar-refractivity contribution in [2.24, 2.45) is 0 Å². The van der Waals surface area contributed by atoms with Crippen molar-refractivity contribution in [2.75, 3.05) is 5.32 Å². The van der Waals surface area contributed by atoms with Crippen LogP contribution in [0.5, 0.6) is 0 Å². The van der Waals surface area contributed by atoms with Gasteiger partial charge in [-0.15, -0.1) is 0 Å². The zero-order valence-electron chi connectivity index (χ0n) is 13.8. The van der Waals surface area contributed by atoms with E-state index in [-0.39, 0.29) is 0 Å². The maximum atomic E-state index is 7.25. The summed E-state index contributed by atoms with van der Waals surface area (Å²) in [5.74, 6) is 1.49. The van der Waals surface area contributed by atoms with Crippen molar-refractivity contribution in [3.8, 4) is 16.3 Å². The highest BCUT2D eigenvalue weighted by atomic mass is 32.1. The second-order valence-electron chi connectivity index (χ2n) is 5.40. The maximum absolute atomic E-state index is 7.25. The summed E-state index contributed by atoms with van der Waals surface area (Å²) in [5, 5.41) is 4.80. The molecule has 3 aromatic heterocycles. The third-order valence-corrected chi connectivity index (χ3v) is 4.67. The Morgan fingerprint density at radius 3 is 2.85 bits per heavy atom. The Morgan fingerprint density at radius 1 is 1.19 bits per heavy atom. The summed E-state index contributed by atoms with van der Waals surface area (Å²) in [6.07, 6.45) is 8.54. The summed E-state index contributed by atoms with van der Waals surface area (Å²) in [6.45, 7) is 9.19. The van der Waals surface area contributed by atoms with Gasteiger partial charge >= 0.3 is 0 Å². The minimum Gasteiger partial charge on any atom is -0.315 e. The molecule has 0 aliphatic rings. The molecule has 0 atom stereocenters. The van der Waals surface area contributed by atoms with Crippen LogP contribution in [-0.4, -0.2) is 24.5 Å². The fourth-order valence-electron chi connectivity index (χ4n) is 2.51. The van der Waals surface area contributed by atoms with Gasteiger partial charge in [-0.2, -0.15) is 0 Å². The Hall–Kier alpha value is -3.57. The van der Waals surface area contributed by atoms with Gasteiger partial charge in [0.25, 0.3) is 0 Å². The molecular weight excluding hydrogens is 346 g/mol. The third kappa shape index (κ3) is 3.03. The number of nitrogens with zero attached hydrogens (tertiary/aromatic N) is 6. The number of nitrogens with one attached hydrogen (secondary N) is 1. The second-order valence-corrected chi connectivity index (χ2v) is 6.37. The van der Waals surface area contributed by atoms with Crippen molar-refractivity contribution in [3.63, 3.8) is 0 Å². The van der Waals surface area contributed by atoms with E-state index in [1.54, 1.807) is 30.9 Å². The van der Waals surface area contributed by atoms with Crippen LogP contribution in [0.4, 0.5) is 16.6 Å². The first-order chi connectivity index (χ1) is 12.7. The summed E-state index contributed by atoms with van der Waals surface area (Å²) in [5.41, 5.74) is 2.24. The van der Waals surface area contributed by atoms with Crippen LogP contribution < -0.4 is 5.32 Å². The van der Waals surface area contributed by atoms with Crippen molar-refractivity contribution in [1.82, 2.24) is 24.5 Å². The van der Waals surface area contributed by atoms with E-state index >= 15 is 0 Å². The van der Waals surface area contributed by atoms with Crippen LogP contribution in [0.1, 0.15) is 5.82 Å². The molecule has 0 spiro atoms. The molecule has 0 aliphatic heterocycles. The van der Waals surface area contributed by atoms with Gasteiger partial charge in [-0.3, -0.25) is 9.55 Å². The summed E-state index contributed by atoms with van der Waals surface area (Å²) in [6, 6.07) is 7.43. The van der Waals surface area contributed by atoms with Gasteiger partial charge in [-0.25, -0.2) is 19.8 Å². The van der Waals surface area contributed by atoms with Gasteiger partial charge in [0.2, 0.25) is 0 Å². The van der Waals surface area contributed by atoms with E-state index in [0.717, 1.165) is 22.1 Å². The predicted molar refractivity (Wildman–Crippen MR) is 101 cm³/mol. The fourth-order valence-corrected chi connectivity index (χ4v) is 3.53. The van der Waals surface area contributed by atoms with E-state index in [9.17, 15) is 0 Å². The van der Waals surface area contributed by atoms with E-state index in [1.165, 1.54) is 11.3 Å². The molecule has 0 amide bonds. The summed E-state index contributed by atoms with van der Waals surface area (Å²) in [4.78, 5) is 20.8. The largest absolute Gasteiger partial charge is 0.315 e. The molecule has 1 aromatic carbocycles. The monoisotopic (exact) mass is 359 g/mol. The molecule has 4 rings (SSSR count). The average Bonchev–Trinajstić information content (AvgIpc) is 3.28. The van der Waals surface area contributed by atoms with Crippen molar-refractivity contribution < 1.29 is 0 Å². The molecule has 0 bridgehead atoms. The normalized spacial score (nSPS) is 10.5. The molecule has 0 fully saturated rings. The van der Waals surface area contributed by atoms with Crippen molar-refractivity contribution in [1.29, 1.82) is 0 Å². The van der Waals surface area contributed by atoms with Gasteiger partial charge < -0.3 is 5.32 Å². The minimum atomic E-state index is 0.576. The highest BCUT2D eigenvalue weighted by Crippen LogP contribution is 2.36. The Labute approximate surface area is 153 Å². The Morgan fingerprint density at radius 2 is 2.12 bits per heavy atom. The second kappa shape index (κ2) is 6.74. The standard InChI is InChI=1S/C18H13N7S/c1-12-21-8-9-25(12)17-16(13-4-3-5-14(10-13)19-2)24-18(26-17)23-15-11-20-6-7-22-15/h3-11H,1H3,(H,22,23,24). The van der Waals surface area contributed by atoms with E-state index in [2.05, 4.69) is 25.1 Å². The molecule has 8 heteroatoms. The summed E-state index contributed by atoms with van der Waals surface area (Å²) in [7, 11) is 0. The maximum Gasteiger partial charge on any atom is 0.190 e. The number of aryl methyl sites for hydroxylation is 1. The molecule has 126 valence electrons. The number of hydrogen-bond acceptors (Lipinski definition) is 6. The lowest BCUT2D eigenvalue weighted by molar-refractivity contribution is 0.991. The number of thiazole rings is 1. The van der Waals surface area contributed by atoms with Crippen LogP contribution >= 0.6 is 11.3 Å². The number of rotatable bonds is 4. The van der Waals surface area contributed by atoms with Crippen LogP contribution in [0.2, 0.25) is 0 Å². The predicted octanol–water partition coefficient (Wildman–Crippen LogP) is 4.39. The number of anilines is 2. The van der Waals surface area contributed by atoms with Crippen molar-refractivity contribution >= 4 is 28.0 Å². The summed E-state index contributed by atoms with van der Waals surface area (Å²) >= 11 is 1.49. The Kier molecular flexibility index (Phi) is 4.13. The highest BCUT2D eigenvalue weighted by molar-refractivity contribution is 7.18. The van der Waals surface area contributed by atoms with E-state index in [4.69, 9.17) is 11.6 Å². The van der Waals surface area contributed by atoms with Gasteiger partial charge in [0.15, 0.2) is 16.6 Å². The molecule has 0 unspecified atom stereocenters. The van der Waals surface area contributed by atoms with E-state index in [1.807, 2.05) is 35.9 Å². The summed E-state index contributed by atoms with van der Waals surface area (Å²) < 4.78 is 1.99. The first-order valence-corrected chi connectivity index (χ1v) is 8.58. The molecule has 26 heavy (non-hydrogen) atoms. The lowest BCUT2D eigenvalue weighted by atomic mass is 10.1. The number of benzene rings is 1. The number of hydrogen-bond donors (Lipinski definition) is 1. The van der Waals surface area contributed by atoms with Crippen molar-refractivity contribution in [3.05, 3.63) is 72.5 Å². The zero-order chi connectivity index (χ0) is 17.9. The molecule has 1 N–H and O–H groups in total. The van der Waals surface area contributed by atoms with Crippen LogP contribution in [0.3, 0.4) is 0 Å². The number of imidazole rings is 1. The van der Waals surface area contributed by atoms with Gasteiger partial charge in [-0.1, -0.05) is 29.5 Å². The van der Waals surface area contributed by atoms with Crippen molar-refractivity contribution in [2.45, 2.75) is 6.92 Å². The quantitative estimate of drug-likeness (QED) is 0.547. The van der Waals surface area contributed by atoms with Gasteiger partial charge in [0.1, 0.15) is 16.5 Å². The van der Waals surface area contributed by atoms with E-state index < -0.39 is 0 Å². The SMILES string of the molecule is [C-]#[N+]c1cccc(-c2nc(Nc3cnccn3)sc2-n2ccnc2C)c1. The van der Waals surface area contributed by atoms with Crippen LogP contribution in [0.25, 0.3) is 21.1 Å². The van der Waals surface area contributed by atoms with Crippen LogP contribution in [-0.2, 0) is 0 Å². The molecule has 0 saturated carbocycles. The minimum absolute atomic E-state index is 0.576. The highest BCUT2D eigenvalue weighted by Gasteiger charge is 2.17. The molecule has 0 aliphatic carbocycles. The third-order valence-electron chi connectivity index (χ3n) is 3.70. The Bertz CT molecular complexity index is 1090. The lowest BCUT2D eigenvalue weighted by Crippen LogP contribution is -1.95. The molecule has 4 aromatic rings. The first kappa shape index (κ1) is 15.9. The Balaban J connectivity index is 1.83. The van der Waals surface area contributed by atoms with Crippen LogP contribution in [0.15, 0.2) is 55.2 Å². The average molecular weight is 359 g/mol. The van der Waals surface area contributed by atoms with Gasteiger partial charge in [-0.05, 0) is 18.6 Å². The van der Waals surface area contributed by atoms with Gasteiger partial charge in [0, 0.05) is 24.8 Å². The lowest BCUT2D eigenvalue weighted by Gasteiger charge is -2.05.